The van der Waals surface area contributed by atoms with E-state index in [2.05, 4.69) is 15.5 Å². The van der Waals surface area contributed by atoms with Crippen LogP contribution in [0.2, 0.25) is 5.02 Å². The molecular formula is C16H10ClF2N3O. The predicted molar refractivity (Wildman–Crippen MR) is 84.1 cm³/mol. The number of hydrogen-bond donors (Lipinski definition) is 2. The van der Waals surface area contributed by atoms with Gasteiger partial charge in [-0.05, 0) is 29.8 Å². The lowest BCUT2D eigenvalue weighted by molar-refractivity contribution is 0.595. The average Bonchev–Trinajstić information content (AvgIpc) is 2.51. The summed E-state index contributed by atoms with van der Waals surface area (Å²) in [4.78, 5) is 11.9. The van der Waals surface area contributed by atoms with Crippen molar-refractivity contribution in [2.75, 3.05) is 11.9 Å². The number of anilines is 1. The Kier molecular flexibility index (Phi) is 3.09. The molecule has 3 aromatic rings. The van der Waals surface area contributed by atoms with Crippen LogP contribution in [0.1, 0.15) is 17.2 Å². The Labute approximate surface area is 134 Å². The minimum Gasteiger partial charge on any atom is -0.383 e. The molecule has 0 saturated carbocycles. The van der Waals surface area contributed by atoms with E-state index >= 15 is 0 Å². The molecule has 1 atom stereocenters. The zero-order valence-corrected chi connectivity index (χ0v) is 12.4. The predicted octanol–water partition coefficient (Wildman–Crippen LogP) is 3.41. The topological polar surface area (TPSA) is 57.8 Å². The van der Waals surface area contributed by atoms with Gasteiger partial charge < -0.3 is 5.32 Å². The van der Waals surface area contributed by atoms with E-state index in [0.717, 1.165) is 6.07 Å². The van der Waals surface area contributed by atoms with Crippen molar-refractivity contribution in [3.8, 4) is 0 Å². The largest absolute Gasteiger partial charge is 0.383 e. The van der Waals surface area contributed by atoms with Crippen LogP contribution < -0.4 is 10.9 Å². The van der Waals surface area contributed by atoms with Crippen LogP contribution in [-0.2, 0) is 0 Å². The van der Waals surface area contributed by atoms with Gasteiger partial charge in [0.1, 0.15) is 11.6 Å². The fourth-order valence-electron chi connectivity index (χ4n) is 3.03. The van der Waals surface area contributed by atoms with Crippen molar-refractivity contribution in [3.63, 3.8) is 0 Å². The van der Waals surface area contributed by atoms with Gasteiger partial charge in [0.05, 0.1) is 11.1 Å². The summed E-state index contributed by atoms with van der Waals surface area (Å²) >= 11 is 5.80. The SMILES string of the molecule is O=c1[nH]nc2c3c(cc(F)cc13)NC[C@H]2c1ccc(Cl)cc1F. The lowest BCUT2D eigenvalue weighted by atomic mass is 9.88. The molecule has 116 valence electrons. The Balaban J connectivity index is 2.00. The first kappa shape index (κ1) is 14.1. The normalized spacial score (nSPS) is 16.4. The summed E-state index contributed by atoms with van der Waals surface area (Å²) in [7, 11) is 0. The second-order valence-corrected chi connectivity index (χ2v) is 5.85. The third-order valence-corrected chi connectivity index (χ3v) is 4.28. The van der Waals surface area contributed by atoms with Gasteiger partial charge in [-0.25, -0.2) is 13.9 Å². The Morgan fingerprint density at radius 2 is 2.04 bits per heavy atom. The fraction of sp³-hybridized carbons (Fsp3) is 0.125. The minimum absolute atomic E-state index is 0.191. The third-order valence-electron chi connectivity index (χ3n) is 4.05. The van der Waals surface area contributed by atoms with E-state index in [9.17, 15) is 13.6 Å². The van der Waals surface area contributed by atoms with Gasteiger partial charge >= 0.3 is 0 Å². The van der Waals surface area contributed by atoms with Crippen LogP contribution >= 0.6 is 11.6 Å². The van der Waals surface area contributed by atoms with E-state index in [4.69, 9.17) is 11.6 Å². The molecule has 0 fully saturated rings. The number of rotatable bonds is 1. The number of H-pyrrole nitrogens is 1. The molecule has 0 aliphatic carbocycles. The quantitative estimate of drug-likeness (QED) is 0.717. The monoisotopic (exact) mass is 333 g/mol. The molecule has 1 aromatic heterocycles. The van der Waals surface area contributed by atoms with Crippen molar-refractivity contribution in [1.82, 2.24) is 10.2 Å². The number of hydrogen-bond acceptors (Lipinski definition) is 3. The summed E-state index contributed by atoms with van der Waals surface area (Å²) in [6.07, 6.45) is 0. The molecule has 0 saturated heterocycles. The van der Waals surface area contributed by atoms with Gasteiger partial charge in [-0.1, -0.05) is 17.7 Å². The van der Waals surface area contributed by atoms with Crippen LogP contribution in [0.15, 0.2) is 35.1 Å². The van der Waals surface area contributed by atoms with Crippen molar-refractivity contribution in [3.05, 3.63) is 68.6 Å². The lowest BCUT2D eigenvalue weighted by Crippen LogP contribution is -2.25. The molecule has 4 nitrogen and oxygen atoms in total. The molecule has 1 aliphatic heterocycles. The Hall–Kier alpha value is -2.47. The summed E-state index contributed by atoms with van der Waals surface area (Å²) in [5.41, 5.74) is 0.926. The molecule has 0 bridgehead atoms. The van der Waals surface area contributed by atoms with Crippen molar-refractivity contribution in [2.24, 2.45) is 0 Å². The van der Waals surface area contributed by atoms with Crippen LogP contribution in [0.4, 0.5) is 14.5 Å². The molecule has 0 radical (unpaired) electrons. The van der Waals surface area contributed by atoms with E-state index in [0.29, 0.717) is 33.9 Å². The first-order valence-corrected chi connectivity index (χ1v) is 7.33. The highest BCUT2D eigenvalue weighted by Crippen LogP contribution is 2.37. The van der Waals surface area contributed by atoms with E-state index in [-0.39, 0.29) is 5.39 Å². The molecule has 0 spiro atoms. The summed E-state index contributed by atoms with van der Waals surface area (Å²) in [5.74, 6) is -1.38. The van der Waals surface area contributed by atoms with Crippen molar-refractivity contribution < 1.29 is 8.78 Å². The summed E-state index contributed by atoms with van der Waals surface area (Å²) in [6.45, 7) is 0.336. The molecular weight excluding hydrogens is 324 g/mol. The van der Waals surface area contributed by atoms with Gasteiger partial charge in [0.2, 0.25) is 0 Å². The molecule has 0 amide bonds. The van der Waals surface area contributed by atoms with Gasteiger partial charge in [-0.3, -0.25) is 4.79 Å². The molecule has 2 heterocycles. The van der Waals surface area contributed by atoms with E-state index in [1.807, 2.05) is 0 Å². The number of benzene rings is 2. The lowest BCUT2D eigenvalue weighted by Gasteiger charge is -2.26. The van der Waals surface area contributed by atoms with Gasteiger partial charge in [0.15, 0.2) is 0 Å². The first-order valence-electron chi connectivity index (χ1n) is 6.95. The van der Waals surface area contributed by atoms with Crippen LogP contribution in [0.5, 0.6) is 0 Å². The average molecular weight is 334 g/mol. The smallest absolute Gasteiger partial charge is 0.272 e. The van der Waals surface area contributed by atoms with Gasteiger partial charge in [0.25, 0.3) is 5.56 Å². The van der Waals surface area contributed by atoms with Crippen molar-refractivity contribution in [2.45, 2.75) is 5.92 Å². The van der Waals surface area contributed by atoms with E-state index in [1.54, 1.807) is 12.1 Å². The van der Waals surface area contributed by atoms with Gasteiger partial charge in [-0.2, -0.15) is 5.10 Å². The highest BCUT2D eigenvalue weighted by atomic mass is 35.5. The summed E-state index contributed by atoms with van der Waals surface area (Å²) in [6, 6.07) is 6.90. The third kappa shape index (κ3) is 2.17. The number of nitrogens with one attached hydrogen (secondary N) is 2. The number of aromatic amines is 1. The second kappa shape index (κ2) is 5.03. The maximum atomic E-state index is 14.3. The minimum atomic E-state index is -0.515. The van der Waals surface area contributed by atoms with E-state index < -0.39 is 23.1 Å². The molecule has 1 aliphatic rings. The van der Waals surface area contributed by atoms with Crippen LogP contribution in [0.25, 0.3) is 10.8 Å². The summed E-state index contributed by atoms with van der Waals surface area (Å²) < 4.78 is 27.9. The number of aromatic nitrogens is 2. The maximum absolute atomic E-state index is 14.3. The molecule has 2 aromatic carbocycles. The molecule has 0 unspecified atom stereocenters. The standard InChI is InChI=1S/C16H10ClF2N3O/c17-7-1-2-9(12(19)3-7)11-6-20-13-5-8(18)4-10-14(13)15(11)21-22-16(10)23/h1-5,11,20H,6H2,(H,22,23)/t11-/m0/s1. The van der Waals surface area contributed by atoms with Crippen molar-refractivity contribution in [1.29, 1.82) is 0 Å². The molecule has 4 rings (SSSR count). The van der Waals surface area contributed by atoms with E-state index in [1.165, 1.54) is 12.1 Å². The zero-order valence-electron chi connectivity index (χ0n) is 11.7. The highest BCUT2D eigenvalue weighted by Gasteiger charge is 2.28. The fourth-order valence-corrected chi connectivity index (χ4v) is 3.19. The highest BCUT2D eigenvalue weighted by molar-refractivity contribution is 6.30. The Bertz CT molecular complexity index is 1000. The van der Waals surface area contributed by atoms with Crippen LogP contribution in [0.3, 0.4) is 0 Å². The summed E-state index contributed by atoms with van der Waals surface area (Å²) in [5, 5.41) is 10.5. The number of halogens is 3. The molecule has 7 heteroatoms. The second-order valence-electron chi connectivity index (χ2n) is 5.41. The maximum Gasteiger partial charge on any atom is 0.272 e. The van der Waals surface area contributed by atoms with Crippen molar-refractivity contribution >= 4 is 28.1 Å². The van der Waals surface area contributed by atoms with Crippen LogP contribution in [0, 0.1) is 11.6 Å². The number of nitrogens with zero attached hydrogens (tertiary/aromatic N) is 1. The van der Waals surface area contributed by atoms with Gasteiger partial charge in [0, 0.05) is 28.6 Å². The molecule has 23 heavy (non-hydrogen) atoms. The van der Waals surface area contributed by atoms with Gasteiger partial charge in [-0.15, -0.1) is 0 Å². The Morgan fingerprint density at radius 1 is 1.22 bits per heavy atom. The zero-order chi connectivity index (χ0) is 16.1. The molecule has 2 N–H and O–H groups in total. The first-order chi connectivity index (χ1) is 11.0. The van der Waals surface area contributed by atoms with Crippen LogP contribution in [-0.4, -0.2) is 16.7 Å². The Morgan fingerprint density at radius 3 is 2.83 bits per heavy atom.